The van der Waals surface area contributed by atoms with Crippen LogP contribution in [0.15, 0.2) is 30.3 Å². The lowest BCUT2D eigenvalue weighted by Gasteiger charge is -2.27. The molecule has 21 heavy (non-hydrogen) atoms. The normalized spacial score (nSPS) is 19.3. The first-order valence-electron chi connectivity index (χ1n) is 7.46. The first kappa shape index (κ1) is 17.2. The monoisotopic (exact) mass is 328 g/mol. The minimum Gasteiger partial charge on any atom is -0.393 e. The van der Waals surface area contributed by atoms with Crippen molar-refractivity contribution in [2.45, 2.75) is 42.7 Å². The van der Waals surface area contributed by atoms with E-state index in [1.807, 2.05) is 53.9 Å². The highest BCUT2D eigenvalue weighted by Crippen LogP contribution is 2.34. The molecule has 0 bridgehead atoms. The van der Waals surface area contributed by atoms with Gasteiger partial charge >= 0.3 is 0 Å². The van der Waals surface area contributed by atoms with Crippen LogP contribution in [0.25, 0.3) is 0 Å². The number of aliphatic hydroxyl groups is 2. The topological polar surface area (TPSA) is 49.7 Å². The van der Waals surface area contributed by atoms with Crippen LogP contribution < -0.4 is 0 Å². The summed E-state index contributed by atoms with van der Waals surface area (Å²) in [6.45, 7) is 1.10. The largest absolute Gasteiger partial charge is 0.393 e. The minimum atomic E-state index is -0.487. The van der Waals surface area contributed by atoms with Crippen molar-refractivity contribution in [3.05, 3.63) is 35.9 Å². The summed E-state index contributed by atoms with van der Waals surface area (Å²) in [6.07, 6.45) is 1.32. The molecule has 2 rings (SSSR count). The molecule has 0 radical (unpaired) electrons. The Bertz CT molecular complexity index is 382. The molecule has 0 saturated carbocycles. The van der Waals surface area contributed by atoms with Crippen LogP contribution >= 0.6 is 23.5 Å². The van der Waals surface area contributed by atoms with Gasteiger partial charge in [0.25, 0.3) is 0 Å². The summed E-state index contributed by atoms with van der Waals surface area (Å²) in [5, 5.41) is 20.1. The number of hydrogen-bond donors (Lipinski definition) is 2. The maximum Gasteiger partial charge on any atom is 0.0774 e. The van der Waals surface area contributed by atoms with Gasteiger partial charge in [-0.1, -0.05) is 30.3 Å². The summed E-state index contributed by atoms with van der Waals surface area (Å²) in [4.78, 5) is 0. The zero-order chi connectivity index (χ0) is 14.9. The second-order valence-corrected chi connectivity index (χ2v) is 8.04. The maximum absolute atomic E-state index is 10.1. The van der Waals surface area contributed by atoms with Gasteiger partial charge in [0.15, 0.2) is 0 Å². The van der Waals surface area contributed by atoms with Crippen molar-refractivity contribution in [3.63, 3.8) is 0 Å². The molecule has 1 aliphatic heterocycles. The predicted octanol–water partition coefficient (Wildman–Crippen LogP) is 2.90. The Hall–Kier alpha value is -0.200. The quantitative estimate of drug-likeness (QED) is 0.719. The number of thioether (sulfide) groups is 2. The summed E-state index contributed by atoms with van der Waals surface area (Å²) in [6, 6.07) is 10.0. The van der Waals surface area contributed by atoms with Gasteiger partial charge in [0.1, 0.15) is 0 Å². The fraction of sp³-hybridized carbons (Fsp3) is 0.625. The lowest BCUT2D eigenvalue weighted by atomic mass is 10.1. The highest BCUT2D eigenvalue weighted by Gasteiger charge is 2.24. The van der Waals surface area contributed by atoms with E-state index in [9.17, 15) is 10.2 Å². The molecule has 1 heterocycles. The fourth-order valence-corrected chi connectivity index (χ4v) is 5.12. The van der Waals surface area contributed by atoms with Crippen LogP contribution in [-0.4, -0.2) is 45.1 Å². The van der Waals surface area contributed by atoms with Crippen molar-refractivity contribution in [1.29, 1.82) is 0 Å². The van der Waals surface area contributed by atoms with Gasteiger partial charge in [0, 0.05) is 13.0 Å². The van der Waals surface area contributed by atoms with E-state index in [1.165, 1.54) is 6.42 Å². The molecule has 3 nitrogen and oxygen atoms in total. The number of aliphatic hydroxyl groups excluding tert-OH is 2. The Morgan fingerprint density at radius 1 is 1.14 bits per heavy atom. The fourth-order valence-electron chi connectivity index (χ4n) is 2.22. The Morgan fingerprint density at radius 2 is 1.86 bits per heavy atom. The molecule has 1 fully saturated rings. The molecule has 118 valence electrons. The van der Waals surface area contributed by atoms with E-state index in [2.05, 4.69) is 0 Å². The van der Waals surface area contributed by atoms with Crippen LogP contribution in [0.1, 0.15) is 24.8 Å². The molecule has 1 aromatic rings. The SMILES string of the molecule is OC(C[C@H](O)CCOCc1ccccc1)C1SCCCS1. The smallest absolute Gasteiger partial charge is 0.0774 e. The van der Waals surface area contributed by atoms with Crippen molar-refractivity contribution in [1.82, 2.24) is 0 Å². The van der Waals surface area contributed by atoms with Crippen LogP contribution in [0.2, 0.25) is 0 Å². The first-order chi connectivity index (χ1) is 10.3. The third-order valence-corrected chi connectivity index (χ3v) is 6.54. The van der Waals surface area contributed by atoms with E-state index in [4.69, 9.17) is 4.74 Å². The lowest BCUT2D eigenvalue weighted by molar-refractivity contribution is 0.0455. The van der Waals surface area contributed by atoms with Crippen molar-refractivity contribution in [3.8, 4) is 0 Å². The summed E-state index contributed by atoms with van der Waals surface area (Å²) < 4.78 is 5.79. The van der Waals surface area contributed by atoms with Gasteiger partial charge < -0.3 is 14.9 Å². The zero-order valence-corrected chi connectivity index (χ0v) is 13.8. The van der Waals surface area contributed by atoms with Gasteiger partial charge in [-0.2, -0.15) is 0 Å². The molecule has 0 spiro atoms. The van der Waals surface area contributed by atoms with Crippen LogP contribution in [0.3, 0.4) is 0 Å². The standard InChI is InChI=1S/C16H24O3S2/c17-14(11-15(18)16-20-9-4-10-21-16)7-8-19-12-13-5-2-1-3-6-13/h1-3,5-6,14-18H,4,7-12H2/t14-,15?/m1/s1. The lowest BCUT2D eigenvalue weighted by Crippen LogP contribution is -2.28. The number of ether oxygens (including phenoxy) is 1. The predicted molar refractivity (Wildman–Crippen MR) is 90.7 cm³/mol. The first-order valence-corrected chi connectivity index (χ1v) is 9.56. The molecule has 1 unspecified atom stereocenters. The summed E-state index contributed by atoms with van der Waals surface area (Å²) >= 11 is 3.62. The molecule has 0 amide bonds. The Morgan fingerprint density at radius 3 is 2.57 bits per heavy atom. The van der Waals surface area contributed by atoms with E-state index >= 15 is 0 Å². The maximum atomic E-state index is 10.1. The molecular formula is C16H24O3S2. The molecule has 5 heteroatoms. The van der Waals surface area contributed by atoms with E-state index < -0.39 is 12.2 Å². The molecule has 1 aromatic carbocycles. The van der Waals surface area contributed by atoms with E-state index in [0.29, 0.717) is 26.1 Å². The summed E-state index contributed by atoms with van der Waals surface area (Å²) in [5.74, 6) is 2.23. The average molecular weight is 328 g/mol. The Kier molecular flexibility index (Phi) is 7.96. The Labute approximate surface area is 135 Å². The number of benzene rings is 1. The zero-order valence-electron chi connectivity index (χ0n) is 12.2. The minimum absolute atomic E-state index is 0.221. The van der Waals surface area contributed by atoms with Crippen molar-refractivity contribution in [2.24, 2.45) is 0 Å². The van der Waals surface area contributed by atoms with E-state index in [-0.39, 0.29) is 4.58 Å². The molecule has 2 atom stereocenters. The average Bonchev–Trinajstić information content (AvgIpc) is 2.53. The molecule has 0 aromatic heterocycles. The van der Waals surface area contributed by atoms with Crippen LogP contribution in [0.5, 0.6) is 0 Å². The van der Waals surface area contributed by atoms with Gasteiger partial charge in [-0.05, 0) is 29.9 Å². The Balaban J connectivity index is 1.57. The van der Waals surface area contributed by atoms with Crippen molar-refractivity contribution >= 4 is 23.5 Å². The van der Waals surface area contributed by atoms with E-state index in [1.54, 1.807) is 0 Å². The van der Waals surface area contributed by atoms with Gasteiger partial charge in [-0.15, -0.1) is 23.5 Å². The van der Waals surface area contributed by atoms with Gasteiger partial charge in [-0.3, -0.25) is 0 Å². The summed E-state index contributed by atoms with van der Waals surface area (Å²) in [5.41, 5.74) is 1.14. The second kappa shape index (κ2) is 9.74. The van der Waals surface area contributed by atoms with Gasteiger partial charge in [-0.25, -0.2) is 0 Å². The van der Waals surface area contributed by atoms with Gasteiger partial charge in [0.2, 0.25) is 0 Å². The molecular weight excluding hydrogens is 304 g/mol. The molecule has 2 N–H and O–H groups in total. The molecule has 1 saturated heterocycles. The number of rotatable bonds is 8. The number of hydrogen-bond acceptors (Lipinski definition) is 5. The van der Waals surface area contributed by atoms with Crippen molar-refractivity contribution in [2.75, 3.05) is 18.1 Å². The van der Waals surface area contributed by atoms with E-state index in [0.717, 1.165) is 17.1 Å². The molecule has 0 aliphatic carbocycles. The highest BCUT2D eigenvalue weighted by atomic mass is 32.2. The van der Waals surface area contributed by atoms with Crippen molar-refractivity contribution < 1.29 is 14.9 Å². The third-order valence-electron chi connectivity index (χ3n) is 3.39. The third kappa shape index (κ3) is 6.61. The highest BCUT2D eigenvalue weighted by molar-refractivity contribution is 8.17. The van der Waals surface area contributed by atoms with Crippen LogP contribution in [-0.2, 0) is 11.3 Å². The van der Waals surface area contributed by atoms with Gasteiger partial charge in [0.05, 0.1) is 23.4 Å². The van der Waals surface area contributed by atoms with Crippen LogP contribution in [0, 0.1) is 0 Å². The second-order valence-electron chi connectivity index (χ2n) is 5.25. The van der Waals surface area contributed by atoms with Crippen LogP contribution in [0.4, 0.5) is 0 Å². The summed E-state index contributed by atoms with van der Waals surface area (Å²) in [7, 11) is 0. The molecule has 1 aliphatic rings.